The Hall–Kier alpha value is -1.15. The minimum Gasteiger partial charge on any atom is -0.336 e. The van der Waals surface area contributed by atoms with E-state index in [0.29, 0.717) is 31.7 Å². The van der Waals surface area contributed by atoms with Crippen LogP contribution in [0.15, 0.2) is 23.1 Å². The molecule has 0 aliphatic carbocycles. The number of aryl methyl sites for hydroxylation is 1. The third-order valence-corrected chi connectivity index (χ3v) is 6.69. The normalized spacial score (nSPS) is 19.3. The van der Waals surface area contributed by atoms with Gasteiger partial charge in [0.2, 0.25) is 10.0 Å². The number of hydrogen-bond donors (Lipinski definition) is 1. The summed E-state index contributed by atoms with van der Waals surface area (Å²) in [7, 11) is -3.52. The summed E-state index contributed by atoms with van der Waals surface area (Å²) in [4.78, 5) is 14.8. The van der Waals surface area contributed by atoms with Crippen molar-refractivity contribution in [2.45, 2.75) is 31.1 Å². The number of carbonyl (C=O) groups is 1. The molecule has 1 N–H and O–H groups in total. The van der Waals surface area contributed by atoms with Gasteiger partial charge in [0.05, 0.1) is 4.90 Å². The molecule has 0 unspecified atom stereocenters. The Labute approximate surface area is 156 Å². The van der Waals surface area contributed by atoms with Crippen LogP contribution in [0.1, 0.15) is 35.2 Å². The summed E-state index contributed by atoms with van der Waals surface area (Å²) in [5.74, 6) is -0.0790. The number of piperazine rings is 1. The van der Waals surface area contributed by atoms with Crippen molar-refractivity contribution in [1.29, 1.82) is 0 Å². The highest BCUT2D eigenvalue weighted by Gasteiger charge is 2.28. The van der Waals surface area contributed by atoms with Gasteiger partial charge in [0.25, 0.3) is 5.91 Å². The first-order valence-corrected chi connectivity index (χ1v) is 10.0. The van der Waals surface area contributed by atoms with Gasteiger partial charge in [0, 0.05) is 44.8 Å². The van der Waals surface area contributed by atoms with E-state index < -0.39 is 10.0 Å². The maximum Gasteiger partial charge on any atom is 0.254 e. The lowest BCUT2D eigenvalue weighted by Gasteiger charge is -2.29. The summed E-state index contributed by atoms with van der Waals surface area (Å²) in [6.45, 7) is 5.84. The van der Waals surface area contributed by atoms with Crippen molar-refractivity contribution in [2.24, 2.45) is 0 Å². The number of carbonyl (C=O) groups excluding carboxylic acids is 1. The molecule has 2 fully saturated rings. The summed E-state index contributed by atoms with van der Waals surface area (Å²) >= 11 is 0. The van der Waals surface area contributed by atoms with Crippen LogP contribution in [-0.2, 0) is 10.0 Å². The van der Waals surface area contributed by atoms with Gasteiger partial charge in [-0.2, -0.15) is 4.31 Å². The first kappa shape index (κ1) is 20.2. The van der Waals surface area contributed by atoms with Crippen molar-refractivity contribution in [1.82, 2.24) is 14.5 Å². The average molecular weight is 388 g/mol. The van der Waals surface area contributed by atoms with Gasteiger partial charge < -0.3 is 10.2 Å². The van der Waals surface area contributed by atoms with Gasteiger partial charge in [-0.25, -0.2) is 8.42 Å². The number of halogens is 1. The van der Waals surface area contributed by atoms with Crippen molar-refractivity contribution in [3.63, 3.8) is 0 Å². The molecule has 1 aromatic rings. The first-order valence-electron chi connectivity index (χ1n) is 8.61. The molecule has 2 aliphatic heterocycles. The molecule has 1 aromatic carbocycles. The Bertz CT molecular complexity index is 712. The van der Waals surface area contributed by atoms with Gasteiger partial charge in [0.15, 0.2) is 0 Å². The fraction of sp³-hybridized carbons (Fsp3) is 0.588. The third-order valence-electron chi connectivity index (χ3n) is 4.80. The largest absolute Gasteiger partial charge is 0.336 e. The molecule has 2 heterocycles. The van der Waals surface area contributed by atoms with Crippen LogP contribution in [0.2, 0.25) is 0 Å². The van der Waals surface area contributed by atoms with Crippen LogP contribution in [0.25, 0.3) is 0 Å². The molecule has 0 radical (unpaired) electrons. The smallest absolute Gasteiger partial charge is 0.254 e. The van der Waals surface area contributed by atoms with E-state index in [1.54, 1.807) is 27.4 Å². The molecule has 0 bridgehead atoms. The van der Waals surface area contributed by atoms with Gasteiger partial charge in [-0.05, 0) is 37.5 Å². The lowest BCUT2D eigenvalue weighted by atomic mass is 10.1. The van der Waals surface area contributed by atoms with Crippen LogP contribution < -0.4 is 5.32 Å². The lowest BCUT2D eigenvalue weighted by molar-refractivity contribution is 0.0735. The van der Waals surface area contributed by atoms with Crippen molar-refractivity contribution in [3.05, 3.63) is 29.3 Å². The number of nitrogens with one attached hydrogen (secondary N) is 1. The minimum atomic E-state index is -3.52. The molecular formula is C17H26ClN3O3S. The van der Waals surface area contributed by atoms with E-state index >= 15 is 0 Å². The summed E-state index contributed by atoms with van der Waals surface area (Å²) in [5, 5.41) is 3.22. The summed E-state index contributed by atoms with van der Waals surface area (Å²) in [6.07, 6.45) is 2.88. The predicted octanol–water partition coefficient (Wildman–Crippen LogP) is 1.64. The maximum atomic E-state index is 12.8. The molecule has 25 heavy (non-hydrogen) atoms. The zero-order valence-corrected chi connectivity index (χ0v) is 16.2. The van der Waals surface area contributed by atoms with E-state index in [4.69, 9.17) is 0 Å². The number of benzene rings is 1. The van der Waals surface area contributed by atoms with Crippen LogP contribution in [-0.4, -0.2) is 62.8 Å². The second-order valence-electron chi connectivity index (χ2n) is 6.48. The molecular weight excluding hydrogens is 362 g/mol. The van der Waals surface area contributed by atoms with Gasteiger partial charge in [-0.3, -0.25) is 4.79 Å². The first-order chi connectivity index (χ1) is 11.5. The highest BCUT2D eigenvalue weighted by atomic mass is 35.5. The van der Waals surface area contributed by atoms with Crippen LogP contribution in [0, 0.1) is 6.92 Å². The molecule has 0 spiro atoms. The highest BCUT2D eigenvalue weighted by Crippen LogP contribution is 2.23. The SMILES string of the molecule is Cc1ccc(S(=O)(=O)N2CCCCC2)cc1C(=O)N1CCNCC1.Cl. The maximum absolute atomic E-state index is 12.8. The van der Waals surface area contributed by atoms with Crippen molar-refractivity contribution in [3.8, 4) is 0 Å². The van der Waals surface area contributed by atoms with E-state index in [1.807, 2.05) is 6.92 Å². The van der Waals surface area contributed by atoms with Gasteiger partial charge in [-0.15, -0.1) is 12.4 Å². The minimum absolute atomic E-state index is 0. The van der Waals surface area contributed by atoms with Crippen molar-refractivity contribution in [2.75, 3.05) is 39.3 Å². The van der Waals surface area contributed by atoms with E-state index in [1.165, 1.54) is 0 Å². The Kier molecular flexibility index (Phi) is 6.85. The number of amides is 1. The summed E-state index contributed by atoms with van der Waals surface area (Å²) < 4.78 is 27.2. The standard InChI is InChI=1S/C17H25N3O3S.ClH/c1-14-5-6-15(24(22,23)20-9-3-2-4-10-20)13-16(14)17(21)19-11-7-18-8-12-19;/h5-6,13,18H,2-4,7-12H2,1H3;1H. The molecule has 1 amide bonds. The van der Waals surface area contributed by atoms with E-state index in [2.05, 4.69) is 5.32 Å². The molecule has 0 saturated carbocycles. The van der Waals surface area contributed by atoms with E-state index in [-0.39, 0.29) is 23.2 Å². The van der Waals surface area contributed by atoms with E-state index in [0.717, 1.165) is 37.9 Å². The van der Waals surface area contributed by atoms with Gasteiger partial charge in [0.1, 0.15) is 0 Å². The molecule has 3 rings (SSSR count). The Balaban J connectivity index is 0.00000225. The zero-order valence-electron chi connectivity index (χ0n) is 14.5. The highest BCUT2D eigenvalue weighted by molar-refractivity contribution is 7.89. The van der Waals surface area contributed by atoms with E-state index in [9.17, 15) is 13.2 Å². The Morgan fingerprint density at radius 2 is 1.68 bits per heavy atom. The summed E-state index contributed by atoms with van der Waals surface area (Å²) in [6, 6.07) is 4.92. The molecule has 2 saturated heterocycles. The van der Waals surface area contributed by atoms with Crippen LogP contribution >= 0.6 is 12.4 Å². The molecule has 0 atom stereocenters. The number of hydrogen-bond acceptors (Lipinski definition) is 4. The topological polar surface area (TPSA) is 69.7 Å². The average Bonchev–Trinajstić information content (AvgIpc) is 2.63. The number of nitrogens with zero attached hydrogens (tertiary/aromatic N) is 2. The zero-order chi connectivity index (χ0) is 17.2. The molecule has 2 aliphatic rings. The predicted molar refractivity (Wildman–Crippen MR) is 99.8 cm³/mol. The van der Waals surface area contributed by atoms with Crippen LogP contribution in [0.5, 0.6) is 0 Å². The molecule has 8 heteroatoms. The quantitative estimate of drug-likeness (QED) is 0.855. The molecule has 140 valence electrons. The van der Waals surface area contributed by atoms with Gasteiger partial charge >= 0.3 is 0 Å². The number of rotatable bonds is 3. The van der Waals surface area contributed by atoms with Crippen molar-refractivity contribution >= 4 is 28.3 Å². The Morgan fingerprint density at radius 1 is 1.04 bits per heavy atom. The second-order valence-corrected chi connectivity index (χ2v) is 8.42. The van der Waals surface area contributed by atoms with Crippen LogP contribution in [0.4, 0.5) is 0 Å². The number of piperidine rings is 1. The fourth-order valence-corrected chi connectivity index (χ4v) is 4.83. The van der Waals surface area contributed by atoms with Crippen molar-refractivity contribution < 1.29 is 13.2 Å². The monoisotopic (exact) mass is 387 g/mol. The lowest BCUT2D eigenvalue weighted by Crippen LogP contribution is -2.46. The van der Waals surface area contributed by atoms with Gasteiger partial charge in [-0.1, -0.05) is 12.5 Å². The summed E-state index contributed by atoms with van der Waals surface area (Å²) in [5.41, 5.74) is 1.31. The fourth-order valence-electron chi connectivity index (χ4n) is 3.28. The Morgan fingerprint density at radius 3 is 2.32 bits per heavy atom. The molecule has 6 nitrogen and oxygen atoms in total. The van der Waals surface area contributed by atoms with Crippen LogP contribution in [0.3, 0.4) is 0 Å². The third kappa shape index (κ3) is 4.34. The molecule has 0 aromatic heterocycles. The second kappa shape index (κ2) is 8.49. The number of sulfonamides is 1.